The Morgan fingerprint density at radius 2 is 2.27 bits per heavy atom. The fourth-order valence-electron chi connectivity index (χ4n) is 1.37. The molecule has 0 spiro atoms. The molecule has 0 aliphatic heterocycles. The van der Waals surface area contributed by atoms with E-state index in [9.17, 15) is 5.11 Å². The molecule has 0 radical (unpaired) electrons. The van der Waals surface area contributed by atoms with Gasteiger partial charge in [-0.2, -0.15) is 0 Å². The van der Waals surface area contributed by atoms with Crippen molar-refractivity contribution in [3.63, 3.8) is 0 Å². The lowest BCUT2D eigenvalue weighted by Crippen LogP contribution is -2.22. The van der Waals surface area contributed by atoms with E-state index < -0.39 is 6.10 Å². The van der Waals surface area contributed by atoms with Gasteiger partial charge < -0.3 is 10.4 Å². The summed E-state index contributed by atoms with van der Waals surface area (Å²) in [5.74, 6) is 0. The van der Waals surface area contributed by atoms with Crippen molar-refractivity contribution in [1.82, 2.24) is 5.32 Å². The summed E-state index contributed by atoms with van der Waals surface area (Å²) >= 11 is 5.84. The van der Waals surface area contributed by atoms with E-state index >= 15 is 0 Å². The van der Waals surface area contributed by atoms with Crippen LogP contribution < -0.4 is 5.32 Å². The Hall–Kier alpha value is -0.570. The van der Waals surface area contributed by atoms with Gasteiger partial charge in [0.2, 0.25) is 0 Å². The van der Waals surface area contributed by atoms with E-state index in [1.807, 2.05) is 18.2 Å². The van der Waals surface area contributed by atoms with Gasteiger partial charge in [-0.1, -0.05) is 37.1 Å². The molecule has 0 saturated heterocycles. The molecule has 1 aromatic carbocycles. The van der Waals surface area contributed by atoms with E-state index in [-0.39, 0.29) is 0 Å². The molecule has 0 heterocycles. The van der Waals surface area contributed by atoms with E-state index in [2.05, 4.69) is 12.2 Å². The molecule has 0 fully saturated rings. The van der Waals surface area contributed by atoms with Crippen LogP contribution in [0, 0.1) is 0 Å². The van der Waals surface area contributed by atoms with Crippen LogP contribution in [0.4, 0.5) is 0 Å². The largest absolute Gasteiger partial charge is 0.387 e. The normalized spacial score (nSPS) is 12.7. The van der Waals surface area contributed by atoms with Crippen LogP contribution in [-0.4, -0.2) is 18.2 Å². The molecule has 15 heavy (non-hydrogen) atoms. The van der Waals surface area contributed by atoms with Crippen LogP contribution in [-0.2, 0) is 0 Å². The van der Waals surface area contributed by atoms with Crippen LogP contribution in [0.3, 0.4) is 0 Å². The molecule has 3 heteroatoms. The van der Waals surface area contributed by atoms with E-state index in [0.29, 0.717) is 11.6 Å². The molecule has 1 rings (SSSR count). The zero-order valence-electron chi connectivity index (χ0n) is 9.04. The number of hydrogen-bond donors (Lipinski definition) is 2. The third-order valence-corrected chi connectivity index (χ3v) is 2.51. The third-order valence-electron chi connectivity index (χ3n) is 2.28. The smallest absolute Gasteiger partial charge is 0.0914 e. The Bertz CT molecular complexity index is 291. The lowest BCUT2D eigenvalue weighted by molar-refractivity contribution is 0.175. The second-order valence-corrected chi connectivity index (χ2v) is 4.06. The molecule has 0 aromatic heterocycles. The highest BCUT2D eigenvalue weighted by Gasteiger charge is 2.06. The van der Waals surface area contributed by atoms with Crippen molar-refractivity contribution in [3.8, 4) is 0 Å². The average Bonchev–Trinajstić information content (AvgIpc) is 2.24. The van der Waals surface area contributed by atoms with Crippen LogP contribution in [0.1, 0.15) is 31.4 Å². The van der Waals surface area contributed by atoms with Gasteiger partial charge >= 0.3 is 0 Å². The zero-order valence-corrected chi connectivity index (χ0v) is 9.80. The summed E-state index contributed by atoms with van der Waals surface area (Å²) in [5.41, 5.74) is 0.867. The maximum atomic E-state index is 9.82. The number of aliphatic hydroxyl groups excluding tert-OH is 1. The molecule has 0 aliphatic carbocycles. The molecule has 1 atom stereocenters. The highest BCUT2D eigenvalue weighted by Crippen LogP contribution is 2.16. The number of hydrogen-bond acceptors (Lipinski definition) is 2. The SMILES string of the molecule is CCCCNCC(O)c1cccc(Cl)c1. The number of rotatable bonds is 6. The van der Waals surface area contributed by atoms with Crippen LogP contribution in [0.5, 0.6) is 0 Å². The first-order chi connectivity index (χ1) is 7.24. The Kier molecular flexibility index (Phi) is 5.69. The number of benzene rings is 1. The Morgan fingerprint density at radius 1 is 1.47 bits per heavy atom. The van der Waals surface area contributed by atoms with Crippen molar-refractivity contribution < 1.29 is 5.11 Å². The Balaban J connectivity index is 2.36. The van der Waals surface area contributed by atoms with Gasteiger partial charge in [-0.3, -0.25) is 0 Å². The van der Waals surface area contributed by atoms with Crippen LogP contribution in [0.15, 0.2) is 24.3 Å². The summed E-state index contributed by atoms with van der Waals surface area (Å²) in [6.45, 7) is 3.68. The van der Waals surface area contributed by atoms with Gasteiger partial charge in [-0.15, -0.1) is 0 Å². The first-order valence-electron chi connectivity index (χ1n) is 5.38. The molecule has 1 unspecified atom stereocenters. The zero-order chi connectivity index (χ0) is 11.1. The molecular formula is C12H18ClNO. The van der Waals surface area contributed by atoms with Crippen molar-refractivity contribution in [3.05, 3.63) is 34.9 Å². The van der Waals surface area contributed by atoms with Crippen LogP contribution >= 0.6 is 11.6 Å². The molecule has 0 saturated carbocycles. The first kappa shape index (κ1) is 12.5. The summed E-state index contributed by atoms with van der Waals surface area (Å²) < 4.78 is 0. The molecule has 2 nitrogen and oxygen atoms in total. The van der Waals surface area contributed by atoms with E-state index in [1.165, 1.54) is 6.42 Å². The van der Waals surface area contributed by atoms with Gasteiger partial charge in [0.25, 0.3) is 0 Å². The highest BCUT2D eigenvalue weighted by molar-refractivity contribution is 6.30. The van der Waals surface area contributed by atoms with Gasteiger partial charge in [-0.05, 0) is 30.7 Å². The number of aliphatic hydroxyl groups is 1. The molecule has 0 bridgehead atoms. The van der Waals surface area contributed by atoms with Gasteiger partial charge in [0.15, 0.2) is 0 Å². The Morgan fingerprint density at radius 3 is 2.93 bits per heavy atom. The van der Waals surface area contributed by atoms with Crippen LogP contribution in [0.25, 0.3) is 0 Å². The second-order valence-electron chi connectivity index (χ2n) is 3.63. The predicted molar refractivity (Wildman–Crippen MR) is 64.2 cm³/mol. The van der Waals surface area contributed by atoms with Crippen molar-refractivity contribution in [2.75, 3.05) is 13.1 Å². The maximum Gasteiger partial charge on any atom is 0.0914 e. The summed E-state index contributed by atoms with van der Waals surface area (Å²) in [4.78, 5) is 0. The summed E-state index contributed by atoms with van der Waals surface area (Å²) in [6, 6.07) is 7.35. The summed E-state index contributed by atoms with van der Waals surface area (Å²) in [6.07, 6.45) is 1.84. The van der Waals surface area contributed by atoms with Crippen molar-refractivity contribution >= 4 is 11.6 Å². The molecule has 2 N–H and O–H groups in total. The standard InChI is InChI=1S/C12H18ClNO/c1-2-3-7-14-9-12(15)10-5-4-6-11(13)8-10/h4-6,8,12,14-15H,2-3,7,9H2,1H3. The second kappa shape index (κ2) is 6.83. The Labute approximate surface area is 96.3 Å². The molecule has 0 amide bonds. The fourth-order valence-corrected chi connectivity index (χ4v) is 1.57. The lowest BCUT2D eigenvalue weighted by atomic mass is 10.1. The van der Waals surface area contributed by atoms with Crippen molar-refractivity contribution in [2.24, 2.45) is 0 Å². The molecule has 1 aromatic rings. The minimum Gasteiger partial charge on any atom is -0.387 e. The van der Waals surface area contributed by atoms with Gasteiger partial charge in [0.05, 0.1) is 6.10 Å². The van der Waals surface area contributed by atoms with Crippen LogP contribution in [0.2, 0.25) is 5.02 Å². The number of unbranched alkanes of at least 4 members (excludes halogenated alkanes) is 1. The molecule has 84 valence electrons. The highest BCUT2D eigenvalue weighted by atomic mass is 35.5. The predicted octanol–water partition coefficient (Wildman–Crippen LogP) is 2.76. The van der Waals surface area contributed by atoms with Gasteiger partial charge in [0, 0.05) is 11.6 Å². The van der Waals surface area contributed by atoms with E-state index in [0.717, 1.165) is 18.5 Å². The number of nitrogens with one attached hydrogen (secondary N) is 1. The van der Waals surface area contributed by atoms with E-state index in [1.54, 1.807) is 6.07 Å². The topological polar surface area (TPSA) is 32.3 Å². The third kappa shape index (κ3) is 4.65. The lowest BCUT2D eigenvalue weighted by Gasteiger charge is -2.12. The molecule has 0 aliphatic rings. The quantitative estimate of drug-likeness (QED) is 0.733. The van der Waals surface area contributed by atoms with Gasteiger partial charge in [-0.25, -0.2) is 0 Å². The van der Waals surface area contributed by atoms with Crippen molar-refractivity contribution in [1.29, 1.82) is 0 Å². The molecular weight excluding hydrogens is 210 g/mol. The minimum atomic E-state index is -0.472. The van der Waals surface area contributed by atoms with Gasteiger partial charge in [0.1, 0.15) is 0 Å². The number of halogens is 1. The fraction of sp³-hybridized carbons (Fsp3) is 0.500. The monoisotopic (exact) mass is 227 g/mol. The minimum absolute atomic E-state index is 0.472. The van der Waals surface area contributed by atoms with E-state index in [4.69, 9.17) is 11.6 Å². The average molecular weight is 228 g/mol. The summed E-state index contributed by atoms with van der Waals surface area (Å²) in [7, 11) is 0. The first-order valence-corrected chi connectivity index (χ1v) is 5.76. The maximum absolute atomic E-state index is 9.82. The van der Waals surface area contributed by atoms with Crippen molar-refractivity contribution in [2.45, 2.75) is 25.9 Å². The summed E-state index contributed by atoms with van der Waals surface area (Å²) in [5, 5.41) is 13.7.